The first kappa shape index (κ1) is 17.2. The fourth-order valence-electron chi connectivity index (χ4n) is 1.32. The van der Waals surface area contributed by atoms with Crippen molar-refractivity contribution in [3.8, 4) is 0 Å². The van der Waals surface area contributed by atoms with Crippen molar-refractivity contribution in [2.75, 3.05) is 6.54 Å². The smallest absolute Gasteiger partial charge is 0.324 e. The van der Waals surface area contributed by atoms with Crippen molar-refractivity contribution in [1.82, 2.24) is 4.72 Å². The molecule has 9 heteroatoms. The minimum atomic E-state index is -4.83. The maximum absolute atomic E-state index is 12.9. The average molecular weight is 331 g/mol. The third-order valence-electron chi connectivity index (χ3n) is 2.25. The van der Waals surface area contributed by atoms with Gasteiger partial charge in [-0.05, 0) is 32.0 Å². The molecule has 0 atom stereocenters. The molecule has 0 heterocycles. The third-order valence-corrected chi connectivity index (χ3v) is 3.95. The van der Waals surface area contributed by atoms with Gasteiger partial charge in [0.2, 0.25) is 10.0 Å². The number of nitrogens with two attached hydrogens (primary N) is 1. The Morgan fingerprint density at radius 2 is 1.85 bits per heavy atom. The summed E-state index contributed by atoms with van der Waals surface area (Å²) in [5.41, 5.74) is 3.39. The molecule has 114 valence electrons. The van der Waals surface area contributed by atoms with Crippen molar-refractivity contribution >= 4 is 21.6 Å². The van der Waals surface area contributed by atoms with Crippen LogP contribution in [0.15, 0.2) is 23.1 Å². The summed E-state index contributed by atoms with van der Waals surface area (Å²) < 4.78 is 64.5. The van der Waals surface area contributed by atoms with Crippen LogP contribution in [0.5, 0.6) is 0 Å². The molecule has 0 aliphatic rings. The fourth-order valence-corrected chi connectivity index (χ4v) is 2.92. The number of alkyl halides is 3. The van der Waals surface area contributed by atoms with Crippen LogP contribution in [0.4, 0.5) is 13.2 Å². The van der Waals surface area contributed by atoms with E-state index in [4.69, 9.17) is 17.3 Å². The minimum Gasteiger partial charge on any atom is -0.324 e. The second-order valence-corrected chi connectivity index (χ2v) is 7.12. The van der Waals surface area contributed by atoms with Gasteiger partial charge in [0.05, 0.1) is 10.5 Å². The normalized spacial score (nSPS) is 13.6. The van der Waals surface area contributed by atoms with Gasteiger partial charge < -0.3 is 5.73 Å². The summed E-state index contributed by atoms with van der Waals surface area (Å²) in [6.07, 6.45) is -4.83. The topological polar surface area (TPSA) is 72.2 Å². The van der Waals surface area contributed by atoms with Crippen LogP contribution in [-0.4, -0.2) is 20.5 Å². The molecule has 4 nitrogen and oxygen atoms in total. The van der Waals surface area contributed by atoms with Gasteiger partial charge in [0.25, 0.3) is 0 Å². The summed E-state index contributed by atoms with van der Waals surface area (Å²) >= 11 is 5.49. The molecule has 0 saturated heterocycles. The lowest BCUT2D eigenvalue weighted by Crippen LogP contribution is -2.45. The molecule has 0 bridgehead atoms. The summed E-state index contributed by atoms with van der Waals surface area (Å²) in [6.45, 7) is 2.89. The summed E-state index contributed by atoms with van der Waals surface area (Å²) in [5.74, 6) is 0. The molecule has 0 aliphatic heterocycles. The Kier molecular flexibility index (Phi) is 4.75. The van der Waals surface area contributed by atoms with Gasteiger partial charge in [-0.1, -0.05) is 11.6 Å². The first-order valence-corrected chi connectivity index (χ1v) is 7.34. The molecule has 0 spiro atoms. The Labute approximate surface area is 120 Å². The van der Waals surface area contributed by atoms with E-state index >= 15 is 0 Å². The Morgan fingerprint density at radius 1 is 1.30 bits per heavy atom. The summed E-state index contributed by atoms with van der Waals surface area (Å²) in [7, 11) is -4.33. The van der Waals surface area contributed by atoms with E-state index in [1.165, 1.54) is 0 Å². The third kappa shape index (κ3) is 4.62. The molecule has 20 heavy (non-hydrogen) atoms. The van der Waals surface area contributed by atoms with Crippen LogP contribution in [-0.2, 0) is 16.2 Å². The minimum absolute atomic E-state index is 0.199. The number of halogens is 4. The molecule has 0 amide bonds. The summed E-state index contributed by atoms with van der Waals surface area (Å²) in [4.78, 5) is -0.876. The van der Waals surface area contributed by atoms with E-state index in [1.54, 1.807) is 13.8 Å². The van der Waals surface area contributed by atoms with Gasteiger partial charge >= 0.3 is 6.18 Å². The van der Waals surface area contributed by atoms with E-state index in [2.05, 4.69) is 4.72 Å². The number of hydrogen-bond donors (Lipinski definition) is 2. The van der Waals surface area contributed by atoms with Gasteiger partial charge in [0, 0.05) is 17.1 Å². The highest BCUT2D eigenvalue weighted by Gasteiger charge is 2.37. The van der Waals surface area contributed by atoms with Crippen LogP contribution in [0.3, 0.4) is 0 Å². The molecule has 0 aromatic heterocycles. The molecule has 1 aromatic rings. The molecule has 1 aromatic carbocycles. The largest absolute Gasteiger partial charge is 0.417 e. The van der Waals surface area contributed by atoms with Crippen LogP contribution in [0, 0.1) is 0 Å². The number of sulfonamides is 1. The van der Waals surface area contributed by atoms with E-state index in [-0.39, 0.29) is 11.6 Å². The van der Waals surface area contributed by atoms with E-state index < -0.39 is 32.2 Å². The number of rotatable bonds is 4. The molecular formula is C11H14ClF3N2O2S. The molecule has 0 fully saturated rings. The average Bonchev–Trinajstić information content (AvgIpc) is 2.24. The standard InChI is InChI=1S/C11H14ClF3N2O2S/c1-10(2,16)6-17-20(18,19)9-4-3-7(12)5-8(9)11(13,14)15/h3-5,17H,6,16H2,1-2H3. The number of benzene rings is 1. The molecule has 0 saturated carbocycles. The molecule has 1 rings (SSSR count). The Morgan fingerprint density at radius 3 is 2.30 bits per heavy atom. The van der Waals surface area contributed by atoms with Crippen molar-refractivity contribution in [2.24, 2.45) is 5.73 Å². The molecule has 0 radical (unpaired) electrons. The molecule has 3 N–H and O–H groups in total. The summed E-state index contributed by atoms with van der Waals surface area (Å²) in [5, 5.41) is -0.199. The van der Waals surface area contributed by atoms with Crippen LogP contribution in [0.2, 0.25) is 5.02 Å². The van der Waals surface area contributed by atoms with Crippen LogP contribution < -0.4 is 10.5 Å². The lowest BCUT2D eigenvalue weighted by molar-refractivity contribution is -0.139. The van der Waals surface area contributed by atoms with Crippen LogP contribution >= 0.6 is 11.6 Å². The highest BCUT2D eigenvalue weighted by Crippen LogP contribution is 2.35. The molecule has 0 aliphatic carbocycles. The van der Waals surface area contributed by atoms with Crippen molar-refractivity contribution < 1.29 is 21.6 Å². The quantitative estimate of drug-likeness (QED) is 0.890. The first-order chi connectivity index (χ1) is 8.83. The zero-order chi connectivity index (χ0) is 15.8. The van der Waals surface area contributed by atoms with Gasteiger partial charge in [-0.25, -0.2) is 13.1 Å². The van der Waals surface area contributed by atoms with Crippen molar-refractivity contribution in [1.29, 1.82) is 0 Å². The Bertz CT molecular complexity index is 595. The number of nitrogens with one attached hydrogen (secondary N) is 1. The van der Waals surface area contributed by atoms with Gasteiger partial charge in [-0.15, -0.1) is 0 Å². The predicted octanol–water partition coefficient (Wildman–Crippen LogP) is 2.37. The molecular weight excluding hydrogens is 317 g/mol. The van der Waals surface area contributed by atoms with Gasteiger partial charge in [0.15, 0.2) is 0 Å². The predicted molar refractivity (Wildman–Crippen MR) is 69.9 cm³/mol. The SMILES string of the molecule is CC(C)(N)CNS(=O)(=O)c1ccc(Cl)cc1C(F)(F)F. The summed E-state index contributed by atoms with van der Waals surface area (Å²) in [6, 6.07) is 2.47. The van der Waals surface area contributed by atoms with E-state index in [0.717, 1.165) is 12.1 Å². The fraction of sp³-hybridized carbons (Fsp3) is 0.455. The van der Waals surface area contributed by atoms with Crippen molar-refractivity contribution in [3.63, 3.8) is 0 Å². The van der Waals surface area contributed by atoms with Crippen molar-refractivity contribution in [3.05, 3.63) is 28.8 Å². The zero-order valence-electron chi connectivity index (χ0n) is 10.8. The lowest BCUT2D eigenvalue weighted by atomic mass is 10.1. The zero-order valence-corrected chi connectivity index (χ0v) is 12.3. The van der Waals surface area contributed by atoms with Gasteiger partial charge in [0.1, 0.15) is 0 Å². The first-order valence-electron chi connectivity index (χ1n) is 5.48. The van der Waals surface area contributed by atoms with E-state index in [9.17, 15) is 21.6 Å². The number of hydrogen-bond acceptors (Lipinski definition) is 3. The maximum Gasteiger partial charge on any atom is 0.417 e. The highest BCUT2D eigenvalue weighted by atomic mass is 35.5. The second-order valence-electron chi connectivity index (χ2n) is 4.95. The highest BCUT2D eigenvalue weighted by molar-refractivity contribution is 7.89. The van der Waals surface area contributed by atoms with Crippen LogP contribution in [0.25, 0.3) is 0 Å². The van der Waals surface area contributed by atoms with Crippen LogP contribution in [0.1, 0.15) is 19.4 Å². The van der Waals surface area contributed by atoms with Gasteiger partial charge in [-0.2, -0.15) is 13.2 Å². The van der Waals surface area contributed by atoms with Gasteiger partial charge in [-0.3, -0.25) is 0 Å². The second kappa shape index (κ2) is 5.51. The van der Waals surface area contributed by atoms with E-state index in [0.29, 0.717) is 6.07 Å². The molecule has 0 unspecified atom stereocenters. The Hall–Kier alpha value is -0.830. The maximum atomic E-state index is 12.9. The lowest BCUT2D eigenvalue weighted by Gasteiger charge is -2.20. The van der Waals surface area contributed by atoms with Crippen molar-refractivity contribution in [2.45, 2.75) is 30.5 Å². The Balaban J connectivity index is 3.25. The van der Waals surface area contributed by atoms with E-state index in [1.807, 2.05) is 0 Å². The monoisotopic (exact) mass is 330 g/mol.